The molecule has 7 N–H and O–H groups in total. The van der Waals surface area contributed by atoms with E-state index in [2.05, 4.69) is 68.5 Å². The van der Waals surface area contributed by atoms with Gasteiger partial charge in [-0.05, 0) is 64.2 Å². The van der Waals surface area contributed by atoms with Crippen molar-refractivity contribution in [3.05, 3.63) is 109 Å². The number of hydrogen-bond acceptors (Lipinski definition) is 15. The second kappa shape index (κ2) is 39.8. The van der Waals surface area contributed by atoms with Gasteiger partial charge in [-0.2, -0.15) is 0 Å². The van der Waals surface area contributed by atoms with E-state index < -0.39 is 99.3 Å². The Labute approximate surface area is 410 Å². The fraction of sp³-hybridized carbons (Fsp3) is 0.630. The number of carbonyl (C=O) groups excluding carboxylic acids is 2. The summed E-state index contributed by atoms with van der Waals surface area (Å²) in [6, 6.07) is 0. The van der Waals surface area contributed by atoms with Crippen molar-refractivity contribution >= 4 is 11.9 Å². The zero-order valence-electron chi connectivity index (χ0n) is 41.0. The van der Waals surface area contributed by atoms with E-state index in [9.17, 15) is 45.3 Å². The molecule has 15 nitrogen and oxygen atoms in total. The first kappa shape index (κ1) is 61.3. The highest BCUT2D eigenvalue weighted by molar-refractivity contribution is 5.70. The molecule has 2 saturated heterocycles. The number of carbonyl (C=O) groups is 2. The van der Waals surface area contributed by atoms with Crippen LogP contribution >= 0.6 is 0 Å². The maximum absolute atomic E-state index is 12.9. The van der Waals surface area contributed by atoms with E-state index in [1.807, 2.05) is 54.7 Å². The van der Waals surface area contributed by atoms with Gasteiger partial charge in [-0.1, -0.05) is 155 Å². The molecule has 5 unspecified atom stereocenters. The lowest BCUT2D eigenvalue weighted by Gasteiger charge is -2.42. The standard InChI is InChI=1S/C54H84O15/c1-3-5-7-9-11-13-15-17-18-19-20-21-22-23-25-26-28-30-32-34-36-45(56)64-39-42(67-46(57)37-35-33-31-29-27-24-16-14-12-10-8-6-4-2)40-65-53-52(63)50(61)48(59)44(69-53)41-66-54-51(62)49(60)47(58)43(38-55)68-54/h5-8,10-14,16-18,20-21,24,27,29,31,42-44,47-55,58-63H,3-4,9,15,19,22-23,25-26,28,30,32-41H2,1-2H3/b7-5+,8-6+,12-10+,13-11+,16-14+,18-17+,21-20+,27-24+,31-29+/t42?,43-,44-,47+,48+,49?,50?,51?,52?,53-,54-/m1/s1. The van der Waals surface area contributed by atoms with Crippen LogP contribution in [0.2, 0.25) is 0 Å². The first-order valence-corrected chi connectivity index (χ1v) is 25.0. The molecule has 2 heterocycles. The number of esters is 2. The smallest absolute Gasteiger partial charge is 0.306 e. The average Bonchev–Trinajstić information content (AvgIpc) is 3.34. The predicted molar refractivity (Wildman–Crippen MR) is 265 cm³/mol. The van der Waals surface area contributed by atoms with Gasteiger partial charge in [0.2, 0.25) is 0 Å². The summed E-state index contributed by atoms with van der Waals surface area (Å²) in [4.78, 5) is 25.7. The molecule has 69 heavy (non-hydrogen) atoms. The number of aliphatic hydroxyl groups excluding tert-OH is 7. The molecule has 0 spiro atoms. The third-order valence-electron chi connectivity index (χ3n) is 11.1. The molecule has 11 atom stereocenters. The molecule has 0 aromatic heterocycles. The Kier molecular flexibility index (Phi) is 35.4. The molecule has 0 aromatic carbocycles. The van der Waals surface area contributed by atoms with Gasteiger partial charge >= 0.3 is 11.9 Å². The van der Waals surface area contributed by atoms with E-state index in [1.54, 1.807) is 0 Å². The third-order valence-corrected chi connectivity index (χ3v) is 11.1. The van der Waals surface area contributed by atoms with Crippen LogP contribution in [0.3, 0.4) is 0 Å². The van der Waals surface area contributed by atoms with Crippen molar-refractivity contribution < 1.29 is 73.8 Å². The van der Waals surface area contributed by atoms with E-state index in [-0.39, 0.29) is 19.4 Å². The van der Waals surface area contributed by atoms with Crippen LogP contribution in [0.15, 0.2) is 109 Å². The fourth-order valence-corrected chi connectivity index (χ4v) is 7.06. The van der Waals surface area contributed by atoms with Gasteiger partial charge in [-0.3, -0.25) is 9.59 Å². The number of unbranched alkanes of at least 4 members (excludes halogenated alkanes) is 8. The van der Waals surface area contributed by atoms with Gasteiger partial charge in [0.25, 0.3) is 0 Å². The average molecular weight is 973 g/mol. The van der Waals surface area contributed by atoms with Crippen LogP contribution in [-0.4, -0.2) is 142 Å². The summed E-state index contributed by atoms with van der Waals surface area (Å²) >= 11 is 0. The van der Waals surface area contributed by atoms with E-state index in [0.29, 0.717) is 19.3 Å². The SMILES string of the molecule is CC/C=C/C=C/C=C/C=C/C=C/CCCC(=O)OC(COC(=O)CCCCCCCCC/C=C/C/C=C/C/C=C/C/C=C/CC)CO[C@@H]1O[C@H](CO[C@@H]2O[C@H](CO)[C@H](O)C(O)C2O)[C@H](O)C(O)C1O. The minimum atomic E-state index is -1.79. The molecule has 0 amide bonds. The Balaban J connectivity index is 1.83. The maximum Gasteiger partial charge on any atom is 0.306 e. The Morgan fingerprint density at radius 2 is 0.957 bits per heavy atom. The van der Waals surface area contributed by atoms with Gasteiger partial charge < -0.3 is 64.2 Å². The van der Waals surface area contributed by atoms with Crippen LogP contribution in [0, 0.1) is 0 Å². The quantitative estimate of drug-likeness (QED) is 0.0149. The third kappa shape index (κ3) is 28.0. The van der Waals surface area contributed by atoms with Crippen molar-refractivity contribution in [2.75, 3.05) is 26.4 Å². The highest BCUT2D eigenvalue weighted by Crippen LogP contribution is 2.26. The van der Waals surface area contributed by atoms with Crippen LogP contribution in [0.25, 0.3) is 0 Å². The van der Waals surface area contributed by atoms with E-state index >= 15 is 0 Å². The molecule has 0 radical (unpaired) electrons. The van der Waals surface area contributed by atoms with Crippen molar-refractivity contribution in [2.45, 2.75) is 191 Å². The van der Waals surface area contributed by atoms with Crippen molar-refractivity contribution in [2.24, 2.45) is 0 Å². The second-order valence-electron chi connectivity index (χ2n) is 17.0. The van der Waals surface area contributed by atoms with Gasteiger partial charge in [0.1, 0.15) is 55.4 Å². The molecule has 2 aliphatic heterocycles. The number of aliphatic hydroxyl groups is 7. The summed E-state index contributed by atoms with van der Waals surface area (Å²) < 4.78 is 33.4. The highest BCUT2D eigenvalue weighted by atomic mass is 16.7. The van der Waals surface area contributed by atoms with E-state index in [0.717, 1.165) is 77.0 Å². The normalized spacial score (nSPS) is 26.5. The van der Waals surface area contributed by atoms with Gasteiger partial charge in [-0.15, -0.1) is 0 Å². The van der Waals surface area contributed by atoms with Crippen LogP contribution in [0.4, 0.5) is 0 Å². The van der Waals surface area contributed by atoms with E-state index in [1.165, 1.54) is 0 Å². The van der Waals surface area contributed by atoms with Crippen LogP contribution < -0.4 is 0 Å². The first-order chi connectivity index (χ1) is 33.5. The molecule has 0 aromatic rings. The first-order valence-electron chi connectivity index (χ1n) is 25.0. The lowest BCUT2D eigenvalue weighted by Crippen LogP contribution is -2.61. The lowest BCUT2D eigenvalue weighted by atomic mass is 9.98. The van der Waals surface area contributed by atoms with Gasteiger partial charge in [0.05, 0.1) is 19.8 Å². The number of ether oxygens (including phenoxy) is 6. The highest BCUT2D eigenvalue weighted by Gasteiger charge is 2.47. The second-order valence-corrected chi connectivity index (χ2v) is 17.0. The minimum absolute atomic E-state index is 0.0593. The summed E-state index contributed by atoms with van der Waals surface area (Å²) in [5.74, 6) is -1.04. The molecule has 2 rings (SSSR count). The topological polar surface area (TPSA) is 231 Å². The number of allylic oxidation sites excluding steroid dienone is 18. The van der Waals surface area contributed by atoms with Crippen molar-refractivity contribution in [3.8, 4) is 0 Å². The summed E-state index contributed by atoms with van der Waals surface area (Å²) in [5, 5.41) is 72.0. The number of rotatable bonds is 36. The molecule has 15 heteroatoms. The largest absolute Gasteiger partial charge is 0.462 e. The zero-order valence-corrected chi connectivity index (χ0v) is 41.0. The molecular formula is C54H84O15. The summed E-state index contributed by atoms with van der Waals surface area (Å²) in [6.45, 7) is 2.21. The van der Waals surface area contributed by atoms with Crippen LogP contribution in [0.1, 0.15) is 123 Å². The molecular weight excluding hydrogens is 889 g/mol. The lowest BCUT2D eigenvalue weighted by molar-refractivity contribution is -0.332. The molecule has 2 fully saturated rings. The van der Waals surface area contributed by atoms with Crippen molar-refractivity contribution in [1.29, 1.82) is 0 Å². The van der Waals surface area contributed by atoms with Gasteiger partial charge in [0.15, 0.2) is 18.7 Å². The Morgan fingerprint density at radius 1 is 0.478 bits per heavy atom. The summed E-state index contributed by atoms with van der Waals surface area (Å²) in [7, 11) is 0. The zero-order chi connectivity index (χ0) is 50.3. The Morgan fingerprint density at radius 3 is 1.57 bits per heavy atom. The minimum Gasteiger partial charge on any atom is -0.462 e. The molecule has 0 aliphatic carbocycles. The van der Waals surface area contributed by atoms with Gasteiger partial charge in [0, 0.05) is 12.8 Å². The van der Waals surface area contributed by atoms with Crippen LogP contribution in [-0.2, 0) is 38.0 Å². The molecule has 2 aliphatic rings. The monoisotopic (exact) mass is 973 g/mol. The fourth-order valence-electron chi connectivity index (χ4n) is 7.06. The van der Waals surface area contributed by atoms with Gasteiger partial charge in [-0.25, -0.2) is 0 Å². The van der Waals surface area contributed by atoms with Crippen LogP contribution in [0.5, 0.6) is 0 Å². The maximum atomic E-state index is 12.9. The molecule has 390 valence electrons. The number of hydrogen-bond donors (Lipinski definition) is 7. The van der Waals surface area contributed by atoms with Crippen molar-refractivity contribution in [3.63, 3.8) is 0 Å². The molecule has 0 saturated carbocycles. The van der Waals surface area contributed by atoms with E-state index in [4.69, 9.17) is 28.4 Å². The summed E-state index contributed by atoms with van der Waals surface area (Å²) in [5.41, 5.74) is 0. The van der Waals surface area contributed by atoms with Crippen molar-refractivity contribution in [1.82, 2.24) is 0 Å². The Bertz CT molecular complexity index is 1610. The summed E-state index contributed by atoms with van der Waals surface area (Å²) in [6.07, 6.45) is 34.2. The Hall–Kier alpha value is -3.84. The predicted octanol–water partition coefficient (Wildman–Crippen LogP) is 6.76. The molecule has 0 bridgehead atoms.